The average molecular weight is 259 g/mol. The summed E-state index contributed by atoms with van der Waals surface area (Å²) >= 11 is 0. The quantitative estimate of drug-likeness (QED) is 0.857. The van der Waals surface area contributed by atoms with Crippen molar-refractivity contribution in [3.05, 3.63) is 35.5 Å². The van der Waals surface area contributed by atoms with E-state index in [1.807, 2.05) is 31.2 Å². The monoisotopic (exact) mass is 259 g/mol. The van der Waals surface area contributed by atoms with Gasteiger partial charge in [-0.3, -0.25) is 4.68 Å². The summed E-state index contributed by atoms with van der Waals surface area (Å²) in [6, 6.07) is 7.78. The first-order valence-electron chi connectivity index (χ1n) is 6.11. The molecule has 0 aliphatic rings. The van der Waals surface area contributed by atoms with E-state index in [9.17, 15) is 4.79 Å². The molecule has 0 saturated heterocycles. The molecule has 0 saturated carbocycles. The SMILES string of the molecule is CCOC(=O)c1nn(C)c(N)c1-c1ccc(C)cc1. The lowest BCUT2D eigenvalue weighted by Gasteiger charge is -2.04. The summed E-state index contributed by atoms with van der Waals surface area (Å²) in [5.41, 5.74) is 8.88. The first kappa shape index (κ1) is 13.1. The van der Waals surface area contributed by atoms with E-state index in [1.54, 1.807) is 14.0 Å². The molecular formula is C14H17N3O2. The van der Waals surface area contributed by atoms with Crippen molar-refractivity contribution >= 4 is 11.8 Å². The fourth-order valence-electron chi connectivity index (χ4n) is 1.88. The third kappa shape index (κ3) is 2.45. The molecule has 2 aromatic rings. The molecule has 5 heteroatoms. The van der Waals surface area contributed by atoms with Gasteiger partial charge in [0.25, 0.3) is 0 Å². The van der Waals surface area contributed by atoms with Gasteiger partial charge in [-0.15, -0.1) is 0 Å². The number of aromatic nitrogens is 2. The Kier molecular flexibility index (Phi) is 3.55. The molecule has 0 bridgehead atoms. The van der Waals surface area contributed by atoms with E-state index < -0.39 is 5.97 Å². The predicted molar refractivity (Wildman–Crippen MR) is 73.7 cm³/mol. The number of hydrogen-bond donors (Lipinski definition) is 1. The van der Waals surface area contributed by atoms with Crippen LogP contribution in [-0.4, -0.2) is 22.4 Å². The Balaban J connectivity index is 2.55. The Morgan fingerprint density at radius 2 is 2.00 bits per heavy atom. The minimum absolute atomic E-state index is 0.255. The zero-order valence-corrected chi connectivity index (χ0v) is 11.3. The highest BCUT2D eigenvalue weighted by molar-refractivity contribution is 5.98. The molecule has 2 rings (SSSR count). The fourth-order valence-corrected chi connectivity index (χ4v) is 1.88. The van der Waals surface area contributed by atoms with Crippen molar-refractivity contribution in [1.82, 2.24) is 9.78 Å². The highest BCUT2D eigenvalue weighted by Crippen LogP contribution is 2.30. The molecule has 100 valence electrons. The van der Waals surface area contributed by atoms with Crippen molar-refractivity contribution in [2.24, 2.45) is 7.05 Å². The number of aryl methyl sites for hydroxylation is 2. The third-order valence-corrected chi connectivity index (χ3v) is 2.90. The molecule has 0 fully saturated rings. The fraction of sp³-hybridized carbons (Fsp3) is 0.286. The smallest absolute Gasteiger partial charge is 0.359 e. The van der Waals surface area contributed by atoms with Gasteiger partial charge in [-0.2, -0.15) is 5.10 Å². The molecule has 1 aromatic heterocycles. The molecule has 0 amide bonds. The summed E-state index contributed by atoms with van der Waals surface area (Å²) in [5.74, 6) is -0.00252. The van der Waals surface area contributed by atoms with E-state index >= 15 is 0 Å². The third-order valence-electron chi connectivity index (χ3n) is 2.90. The van der Waals surface area contributed by atoms with Gasteiger partial charge in [-0.05, 0) is 19.4 Å². The Morgan fingerprint density at radius 3 is 2.58 bits per heavy atom. The molecule has 5 nitrogen and oxygen atoms in total. The van der Waals surface area contributed by atoms with E-state index in [1.165, 1.54) is 4.68 Å². The van der Waals surface area contributed by atoms with Crippen LogP contribution in [0.5, 0.6) is 0 Å². The Morgan fingerprint density at radius 1 is 1.37 bits per heavy atom. The number of nitrogens with zero attached hydrogens (tertiary/aromatic N) is 2. The summed E-state index contributed by atoms with van der Waals surface area (Å²) in [5, 5.41) is 4.14. The number of rotatable bonds is 3. The second-order valence-corrected chi connectivity index (χ2v) is 4.32. The van der Waals surface area contributed by atoms with Crippen LogP contribution >= 0.6 is 0 Å². The predicted octanol–water partition coefficient (Wildman–Crippen LogP) is 2.15. The van der Waals surface area contributed by atoms with Crippen molar-refractivity contribution < 1.29 is 9.53 Å². The Labute approximate surface area is 112 Å². The lowest BCUT2D eigenvalue weighted by molar-refractivity contribution is 0.0519. The van der Waals surface area contributed by atoms with E-state index in [0.29, 0.717) is 18.0 Å². The van der Waals surface area contributed by atoms with Gasteiger partial charge in [0, 0.05) is 7.05 Å². The number of esters is 1. The van der Waals surface area contributed by atoms with E-state index in [4.69, 9.17) is 10.5 Å². The van der Waals surface area contributed by atoms with Crippen molar-refractivity contribution in [2.75, 3.05) is 12.3 Å². The van der Waals surface area contributed by atoms with Crippen LogP contribution in [0.25, 0.3) is 11.1 Å². The number of ether oxygens (including phenoxy) is 1. The number of carbonyl (C=O) groups is 1. The summed E-state index contributed by atoms with van der Waals surface area (Å²) < 4.78 is 6.50. The second-order valence-electron chi connectivity index (χ2n) is 4.32. The van der Waals surface area contributed by atoms with Gasteiger partial charge >= 0.3 is 5.97 Å². The summed E-state index contributed by atoms with van der Waals surface area (Å²) in [6.07, 6.45) is 0. The molecular weight excluding hydrogens is 242 g/mol. The van der Waals surface area contributed by atoms with Crippen molar-refractivity contribution in [3.8, 4) is 11.1 Å². The summed E-state index contributed by atoms with van der Waals surface area (Å²) in [6.45, 7) is 4.07. The minimum atomic E-state index is -0.453. The largest absolute Gasteiger partial charge is 0.461 e. The maximum atomic E-state index is 11.9. The van der Waals surface area contributed by atoms with Crippen LogP contribution in [-0.2, 0) is 11.8 Å². The summed E-state index contributed by atoms with van der Waals surface area (Å²) in [7, 11) is 1.70. The number of anilines is 1. The zero-order valence-electron chi connectivity index (χ0n) is 11.3. The first-order valence-corrected chi connectivity index (χ1v) is 6.11. The molecule has 19 heavy (non-hydrogen) atoms. The number of nitrogens with two attached hydrogens (primary N) is 1. The van der Waals surface area contributed by atoms with E-state index in [2.05, 4.69) is 5.10 Å². The molecule has 2 N–H and O–H groups in total. The van der Waals surface area contributed by atoms with Gasteiger partial charge in [0.1, 0.15) is 5.82 Å². The average Bonchev–Trinajstić information content (AvgIpc) is 2.68. The number of hydrogen-bond acceptors (Lipinski definition) is 4. The van der Waals surface area contributed by atoms with E-state index in [0.717, 1.165) is 11.1 Å². The molecule has 0 aliphatic heterocycles. The summed E-state index contributed by atoms with van der Waals surface area (Å²) in [4.78, 5) is 11.9. The minimum Gasteiger partial charge on any atom is -0.461 e. The highest BCUT2D eigenvalue weighted by Gasteiger charge is 2.22. The van der Waals surface area contributed by atoms with Crippen molar-refractivity contribution in [3.63, 3.8) is 0 Å². The number of nitrogen functional groups attached to an aromatic ring is 1. The number of carbonyl (C=O) groups excluding carboxylic acids is 1. The first-order chi connectivity index (χ1) is 9.04. The van der Waals surface area contributed by atoms with Crippen LogP contribution in [0.3, 0.4) is 0 Å². The normalized spacial score (nSPS) is 10.5. The van der Waals surface area contributed by atoms with Gasteiger partial charge in [-0.1, -0.05) is 29.8 Å². The van der Waals surface area contributed by atoms with Crippen LogP contribution in [0.4, 0.5) is 5.82 Å². The molecule has 1 aromatic carbocycles. The maximum Gasteiger partial charge on any atom is 0.359 e. The lowest BCUT2D eigenvalue weighted by Crippen LogP contribution is -2.07. The molecule has 0 unspecified atom stereocenters. The highest BCUT2D eigenvalue weighted by atomic mass is 16.5. The van der Waals surface area contributed by atoms with Gasteiger partial charge in [0.05, 0.1) is 12.2 Å². The molecule has 0 radical (unpaired) electrons. The second kappa shape index (κ2) is 5.14. The topological polar surface area (TPSA) is 70.1 Å². The van der Waals surface area contributed by atoms with Gasteiger partial charge in [0.2, 0.25) is 0 Å². The van der Waals surface area contributed by atoms with Crippen LogP contribution < -0.4 is 5.73 Å². The molecule has 1 heterocycles. The van der Waals surface area contributed by atoms with Gasteiger partial charge < -0.3 is 10.5 Å². The van der Waals surface area contributed by atoms with Crippen LogP contribution in [0.2, 0.25) is 0 Å². The van der Waals surface area contributed by atoms with Crippen molar-refractivity contribution in [2.45, 2.75) is 13.8 Å². The van der Waals surface area contributed by atoms with Crippen molar-refractivity contribution in [1.29, 1.82) is 0 Å². The van der Waals surface area contributed by atoms with Crippen LogP contribution in [0.1, 0.15) is 23.0 Å². The number of benzene rings is 1. The molecule has 0 spiro atoms. The van der Waals surface area contributed by atoms with Crippen LogP contribution in [0.15, 0.2) is 24.3 Å². The maximum absolute atomic E-state index is 11.9. The lowest BCUT2D eigenvalue weighted by atomic mass is 10.0. The Hall–Kier alpha value is -2.30. The van der Waals surface area contributed by atoms with E-state index in [-0.39, 0.29) is 5.69 Å². The van der Waals surface area contributed by atoms with Gasteiger partial charge in [-0.25, -0.2) is 4.79 Å². The van der Waals surface area contributed by atoms with Crippen LogP contribution in [0, 0.1) is 6.92 Å². The zero-order chi connectivity index (χ0) is 14.0. The molecule has 0 aliphatic carbocycles. The molecule has 0 atom stereocenters. The van der Waals surface area contributed by atoms with Gasteiger partial charge in [0.15, 0.2) is 5.69 Å². The standard InChI is InChI=1S/C14H17N3O2/c1-4-19-14(18)12-11(13(15)17(3)16-12)10-7-5-9(2)6-8-10/h5-8H,4,15H2,1-3H3. The Bertz CT molecular complexity index is 600.